The molecule has 0 heterocycles. The monoisotopic (exact) mass is 100 g/mol. The molecule has 1 saturated carbocycles. The second-order valence-corrected chi connectivity index (χ2v) is 1.69. The highest BCUT2D eigenvalue weighted by molar-refractivity contribution is 4.95. The Morgan fingerprint density at radius 3 is 2.29 bits per heavy atom. The fraction of sp³-hybridized carbons (Fsp3) is 0.714. The minimum Gasteiger partial charge on any atom is -0.0999 e. The predicted molar refractivity (Wildman–Crippen MR) is 32.2 cm³/mol. The van der Waals surface area contributed by atoms with Gasteiger partial charge in [0.2, 0.25) is 0 Å². The Labute approximate surface area is 50.9 Å². The summed E-state index contributed by atoms with van der Waals surface area (Å²) >= 11 is 0. The third-order valence-electron chi connectivity index (χ3n) is 1.03. The molecule has 0 aliphatic heterocycles. The van der Waals surface area contributed by atoms with Crippen LogP contribution in [0.2, 0.25) is 0 Å². The summed E-state index contributed by atoms with van der Waals surface area (Å²) in [5.41, 5.74) is 0.108. The van der Waals surface area contributed by atoms with Crippen LogP contribution in [-0.2, 0) is 0 Å². The van der Waals surface area contributed by atoms with E-state index in [0.29, 0.717) is 19.3 Å². The molecule has 0 radical (unpaired) electrons. The molecule has 7 heavy (non-hydrogen) atoms. The number of hydrogen-bond acceptors (Lipinski definition) is 0. The van der Waals surface area contributed by atoms with Crippen molar-refractivity contribution in [1.29, 1.82) is 0 Å². The second kappa shape index (κ2) is 2.15. The van der Waals surface area contributed by atoms with E-state index in [1.165, 1.54) is 0 Å². The van der Waals surface area contributed by atoms with Crippen LogP contribution in [0.1, 0.15) is 37.5 Å². The maximum Gasteiger partial charge on any atom is 0.0312 e. The van der Waals surface area contributed by atoms with Crippen molar-refractivity contribution >= 4 is 0 Å². The highest BCUT2D eigenvalue weighted by atomic mass is 14.1. The summed E-state index contributed by atoms with van der Waals surface area (Å²) in [6, 6.07) is 0. The van der Waals surface area contributed by atoms with E-state index >= 15 is 0 Å². The van der Waals surface area contributed by atoms with Crippen molar-refractivity contribution in [3.05, 3.63) is 12.2 Å². The van der Waals surface area contributed by atoms with Gasteiger partial charge in [0.15, 0.2) is 0 Å². The molecule has 1 aliphatic carbocycles. The van der Waals surface area contributed by atoms with Crippen molar-refractivity contribution < 1.29 is 5.48 Å². The van der Waals surface area contributed by atoms with Gasteiger partial charge in [0.25, 0.3) is 0 Å². The van der Waals surface area contributed by atoms with Gasteiger partial charge in [-0.1, -0.05) is 18.6 Å². The van der Waals surface area contributed by atoms with Crippen LogP contribution in [0.15, 0.2) is 12.2 Å². The summed E-state index contributed by atoms with van der Waals surface area (Å²) in [4.78, 5) is 0. The van der Waals surface area contributed by atoms with E-state index in [1.807, 2.05) is 0 Å². The first kappa shape index (κ1) is 1.93. The van der Waals surface area contributed by atoms with Crippen molar-refractivity contribution in [3.8, 4) is 0 Å². The van der Waals surface area contributed by atoms with Crippen molar-refractivity contribution in [2.45, 2.75) is 32.0 Å². The molecule has 0 spiro atoms. The lowest BCUT2D eigenvalue weighted by atomic mass is 9.97. The molecule has 1 fully saturated rings. The molecule has 1 aliphatic rings. The van der Waals surface area contributed by atoms with E-state index in [-0.39, 0.29) is 5.57 Å². The largest absolute Gasteiger partial charge is 0.0999 e. The zero-order chi connectivity index (χ0) is 8.70. The molecule has 0 amide bonds. The molecule has 0 nitrogen and oxygen atoms in total. The van der Waals surface area contributed by atoms with E-state index in [4.69, 9.17) is 5.48 Å². The lowest BCUT2D eigenvalue weighted by Gasteiger charge is -2.10. The summed E-state index contributed by atoms with van der Waals surface area (Å²) in [5, 5.41) is 0. The van der Waals surface area contributed by atoms with Crippen LogP contribution in [-0.4, -0.2) is 0 Å². The zero-order valence-electron chi connectivity index (χ0n) is 8.33. The molecular formula is C7H12. The molecule has 0 saturated heterocycles. The first-order chi connectivity index (χ1) is 4.86. The molecule has 0 aromatic carbocycles. The zero-order valence-corrected chi connectivity index (χ0v) is 4.33. The molecule has 0 unspecified atom stereocenters. The Bertz CT molecular complexity index is 165. The van der Waals surface area contributed by atoms with Crippen LogP contribution in [0.4, 0.5) is 0 Å². The topological polar surface area (TPSA) is 0 Å². The highest BCUT2D eigenvalue weighted by Gasteiger charge is 2.00. The molecule has 0 atom stereocenters. The Hall–Kier alpha value is -0.260. The van der Waals surface area contributed by atoms with E-state index < -0.39 is 12.7 Å². The first-order valence-electron chi connectivity index (χ1n) is 4.56. The van der Waals surface area contributed by atoms with Crippen molar-refractivity contribution in [2.75, 3.05) is 0 Å². The molecule has 0 bridgehead atoms. The standard InChI is InChI=1S/C7H12/c1-7-5-3-2-4-6-7/h1-6H2/i5D2,6D2. The van der Waals surface area contributed by atoms with Gasteiger partial charge in [-0.15, -0.1) is 0 Å². The van der Waals surface area contributed by atoms with E-state index in [0.717, 1.165) is 0 Å². The molecule has 0 N–H and O–H groups in total. The fourth-order valence-electron chi connectivity index (χ4n) is 0.629. The molecule has 40 valence electrons. The third-order valence-corrected chi connectivity index (χ3v) is 1.03. The Morgan fingerprint density at radius 2 is 1.86 bits per heavy atom. The summed E-state index contributed by atoms with van der Waals surface area (Å²) in [7, 11) is 0. The van der Waals surface area contributed by atoms with Crippen LogP contribution in [0, 0.1) is 0 Å². The van der Waals surface area contributed by atoms with Gasteiger partial charge in [-0.05, 0) is 25.6 Å². The Balaban J connectivity index is 2.85. The van der Waals surface area contributed by atoms with Gasteiger partial charge in [0, 0.05) is 5.48 Å². The van der Waals surface area contributed by atoms with Gasteiger partial charge in [0.05, 0.1) is 0 Å². The molecule has 0 aromatic rings. The van der Waals surface area contributed by atoms with Crippen molar-refractivity contribution in [2.24, 2.45) is 0 Å². The Kier molecular flexibility index (Phi) is 0.592. The Morgan fingerprint density at radius 1 is 1.29 bits per heavy atom. The predicted octanol–water partition coefficient (Wildman–Crippen LogP) is 2.51. The van der Waals surface area contributed by atoms with Gasteiger partial charge in [-0.25, -0.2) is 0 Å². The van der Waals surface area contributed by atoms with Crippen molar-refractivity contribution in [3.63, 3.8) is 0 Å². The SMILES string of the molecule is [2H]C1([2H])CCCC([2H])([2H])C1=C. The van der Waals surface area contributed by atoms with Crippen molar-refractivity contribution in [1.82, 2.24) is 0 Å². The quantitative estimate of drug-likeness (QED) is 0.410. The summed E-state index contributed by atoms with van der Waals surface area (Å²) in [5.74, 6) is 0. The minimum absolute atomic E-state index is 0.108. The first-order valence-corrected chi connectivity index (χ1v) is 2.56. The maximum atomic E-state index is 7.41. The number of hydrogen-bond donors (Lipinski definition) is 0. The van der Waals surface area contributed by atoms with E-state index in [9.17, 15) is 0 Å². The number of allylic oxidation sites excluding steroid dienone is 1. The summed E-state index contributed by atoms with van der Waals surface area (Å²) < 4.78 is 29.7. The van der Waals surface area contributed by atoms with Crippen LogP contribution >= 0.6 is 0 Å². The molecular weight excluding hydrogens is 84.1 g/mol. The summed E-state index contributed by atoms with van der Waals surface area (Å²) in [6.45, 7) is 3.47. The smallest absolute Gasteiger partial charge is 0.0312 e. The average Bonchev–Trinajstić information content (AvgIpc) is 1.82. The van der Waals surface area contributed by atoms with Crippen LogP contribution in [0.5, 0.6) is 0 Å². The van der Waals surface area contributed by atoms with Gasteiger partial charge in [-0.2, -0.15) is 0 Å². The second-order valence-electron chi connectivity index (χ2n) is 1.69. The third kappa shape index (κ3) is 1.34. The fourth-order valence-corrected chi connectivity index (χ4v) is 0.629. The highest BCUT2D eigenvalue weighted by Crippen LogP contribution is 2.20. The van der Waals surface area contributed by atoms with Crippen LogP contribution in [0.25, 0.3) is 0 Å². The van der Waals surface area contributed by atoms with Crippen LogP contribution in [0.3, 0.4) is 0 Å². The number of rotatable bonds is 0. The lowest BCUT2D eigenvalue weighted by molar-refractivity contribution is 0.601. The normalized spacial score (nSPS) is 45.4. The van der Waals surface area contributed by atoms with Gasteiger partial charge in [-0.3, -0.25) is 0 Å². The van der Waals surface area contributed by atoms with E-state index in [2.05, 4.69) is 6.58 Å². The molecule has 0 aromatic heterocycles. The van der Waals surface area contributed by atoms with E-state index in [1.54, 1.807) is 0 Å². The van der Waals surface area contributed by atoms with Crippen LogP contribution < -0.4 is 0 Å². The van der Waals surface area contributed by atoms with Gasteiger partial charge in [0.1, 0.15) is 0 Å². The lowest BCUT2D eigenvalue weighted by Crippen LogP contribution is -1.90. The maximum absolute atomic E-state index is 7.41. The van der Waals surface area contributed by atoms with Gasteiger partial charge < -0.3 is 0 Å². The summed E-state index contributed by atoms with van der Waals surface area (Å²) in [6.07, 6.45) is -1.57. The molecule has 0 heteroatoms. The van der Waals surface area contributed by atoms with Gasteiger partial charge >= 0.3 is 0 Å². The average molecular weight is 100 g/mol. The molecule has 1 rings (SSSR count). The minimum atomic E-state index is -1.50.